The Morgan fingerprint density at radius 3 is 2.62 bits per heavy atom. The third-order valence-electron chi connectivity index (χ3n) is 5.66. The van der Waals surface area contributed by atoms with Crippen LogP contribution in [0.1, 0.15) is 31.7 Å². The van der Waals surface area contributed by atoms with Gasteiger partial charge in [-0.3, -0.25) is 9.69 Å². The van der Waals surface area contributed by atoms with Gasteiger partial charge in [-0.2, -0.15) is 17.5 Å². The first-order valence-corrected chi connectivity index (χ1v) is 10.6. The molecule has 1 amide bonds. The van der Waals surface area contributed by atoms with E-state index < -0.39 is 32.2 Å². The van der Waals surface area contributed by atoms with E-state index in [-0.39, 0.29) is 37.3 Å². The monoisotopic (exact) mass is 432 g/mol. The Bertz CT molecular complexity index is 948. The van der Waals surface area contributed by atoms with Gasteiger partial charge in [-0.25, -0.2) is 13.4 Å². The summed E-state index contributed by atoms with van der Waals surface area (Å²) in [5, 5.41) is 0. The lowest BCUT2D eigenvalue weighted by molar-refractivity contribution is -0.137. The number of hydrogen-bond donors (Lipinski definition) is 1. The summed E-state index contributed by atoms with van der Waals surface area (Å²) in [6.45, 7) is 2.01. The van der Waals surface area contributed by atoms with Gasteiger partial charge in [0.2, 0.25) is 15.9 Å². The topological polar surface area (TPSA) is 96.1 Å². The molecular weight excluding hydrogens is 409 g/mol. The van der Waals surface area contributed by atoms with Crippen molar-refractivity contribution in [2.75, 3.05) is 20.1 Å². The molecule has 1 fully saturated rings. The van der Waals surface area contributed by atoms with Gasteiger partial charge in [-0.05, 0) is 43.9 Å². The highest BCUT2D eigenvalue weighted by Gasteiger charge is 2.44. The van der Waals surface area contributed by atoms with Gasteiger partial charge in [0.1, 0.15) is 0 Å². The molecule has 2 aliphatic rings. The van der Waals surface area contributed by atoms with Gasteiger partial charge in [0.05, 0.1) is 22.4 Å². The smallest absolute Gasteiger partial charge is 0.369 e. The number of sulfonamides is 1. The van der Waals surface area contributed by atoms with Crippen molar-refractivity contribution in [3.05, 3.63) is 29.8 Å². The second-order valence-electron chi connectivity index (χ2n) is 7.68. The molecule has 2 aliphatic heterocycles. The van der Waals surface area contributed by atoms with E-state index in [0.29, 0.717) is 18.9 Å². The number of rotatable bonds is 3. The molecule has 1 aromatic rings. The van der Waals surface area contributed by atoms with E-state index in [1.165, 1.54) is 16.3 Å². The Balaban J connectivity index is 1.88. The average Bonchev–Trinajstić information content (AvgIpc) is 2.65. The molecule has 0 saturated carbocycles. The van der Waals surface area contributed by atoms with Crippen molar-refractivity contribution in [1.82, 2.24) is 9.21 Å². The van der Waals surface area contributed by atoms with Crippen molar-refractivity contribution in [3.8, 4) is 0 Å². The van der Waals surface area contributed by atoms with Crippen LogP contribution in [0.3, 0.4) is 0 Å². The number of carbonyl (C=O) groups is 1. The Morgan fingerprint density at radius 1 is 1.31 bits per heavy atom. The highest BCUT2D eigenvalue weighted by atomic mass is 32.2. The predicted molar refractivity (Wildman–Crippen MR) is 100 cm³/mol. The zero-order chi connectivity index (χ0) is 21.6. The Morgan fingerprint density at radius 2 is 2.00 bits per heavy atom. The molecule has 29 heavy (non-hydrogen) atoms. The zero-order valence-corrected chi connectivity index (χ0v) is 16.9. The van der Waals surface area contributed by atoms with Gasteiger partial charge in [-0.1, -0.05) is 6.07 Å². The van der Waals surface area contributed by atoms with Crippen LogP contribution >= 0.6 is 0 Å². The molecule has 0 spiro atoms. The Hall–Kier alpha value is -2.14. The fraction of sp³-hybridized carbons (Fsp3) is 0.556. The fourth-order valence-electron chi connectivity index (χ4n) is 3.81. The van der Waals surface area contributed by atoms with Crippen molar-refractivity contribution in [2.24, 2.45) is 16.6 Å². The molecule has 0 radical (unpaired) electrons. The van der Waals surface area contributed by atoms with Crippen LogP contribution in [0.15, 0.2) is 34.2 Å². The number of amides is 1. The zero-order valence-electron chi connectivity index (χ0n) is 16.1. The predicted octanol–water partition coefficient (Wildman–Crippen LogP) is 2.04. The third-order valence-corrected chi connectivity index (χ3v) is 7.52. The van der Waals surface area contributed by atoms with E-state index in [0.717, 1.165) is 18.2 Å². The largest absolute Gasteiger partial charge is 0.416 e. The van der Waals surface area contributed by atoms with Crippen LogP contribution in [0.4, 0.5) is 13.2 Å². The van der Waals surface area contributed by atoms with Crippen LogP contribution < -0.4 is 5.73 Å². The summed E-state index contributed by atoms with van der Waals surface area (Å²) in [5.74, 6) is -0.424. The van der Waals surface area contributed by atoms with Crippen LogP contribution in [0.25, 0.3) is 0 Å². The summed E-state index contributed by atoms with van der Waals surface area (Å²) < 4.78 is 66.1. The first-order chi connectivity index (χ1) is 13.3. The van der Waals surface area contributed by atoms with Crippen molar-refractivity contribution < 1.29 is 26.4 Å². The molecule has 0 aliphatic carbocycles. The number of nitrogens with zero attached hydrogens (tertiary/aromatic N) is 3. The molecule has 2 N–H and O–H groups in total. The number of halogens is 3. The van der Waals surface area contributed by atoms with E-state index in [1.807, 2.05) is 0 Å². The number of hydrogen-bond acceptors (Lipinski definition) is 5. The number of piperidine rings is 1. The SMILES string of the molecule is CN1C(=O)C[C@@](C)(C2CCCN(S(=O)(=O)c3cccc(C(F)(F)F)c3)C2)N=C1N. The molecule has 11 heteroatoms. The van der Waals surface area contributed by atoms with Crippen molar-refractivity contribution in [3.63, 3.8) is 0 Å². The van der Waals surface area contributed by atoms with E-state index in [4.69, 9.17) is 5.73 Å². The molecule has 160 valence electrons. The van der Waals surface area contributed by atoms with Crippen LogP contribution in [0.5, 0.6) is 0 Å². The Labute approximate surface area is 167 Å². The maximum atomic E-state index is 13.0. The molecule has 0 bridgehead atoms. The van der Waals surface area contributed by atoms with Crippen LogP contribution in [0, 0.1) is 5.92 Å². The quantitative estimate of drug-likeness (QED) is 0.791. The number of guanidine groups is 1. The maximum absolute atomic E-state index is 13.0. The summed E-state index contributed by atoms with van der Waals surface area (Å²) in [7, 11) is -2.60. The molecule has 3 rings (SSSR count). The molecule has 1 aromatic carbocycles. The summed E-state index contributed by atoms with van der Waals surface area (Å²) in [6, 6.07) is 3.72. The van der Waals surface area contributed by atoms with Crippen molar-refractivity contribution >= 4 is 21.9 Å². The second-order valence-corrected chi connectivity index (χ2v) is 9.62. The highest BCUT2D eigenvalue weighted by Crippen LogP contribution is 2.37. The molecular formula is C18H23F3N4O3S. The van der Waals surface area contributed by atoms with Gasteiger partial charge in [-0.15, -0.1) is 0 Å². The van der Waals surface area contributed by atoms with Crippen LogP contribution in [0.2, 0.25) is 0 Å². The molecule has 1 saturated heterocycles. The van der Waals surface area contributed by atoms with E-state index >= 15 is 0 Å². The number of carbonyl (C=O) groups excluding carboxylic acids is 1. The molecule has 1 unspecified atom stereocenters. The first kappa shape index (κ1) is 21.6. The molecule has 7 nitrogen and oxygen atoms in total. The number of benzene rings is 1. The lowest BCUT2D eigenvalue weighted by Crippen LogP contribution is -2.54. The lowest BCUT2D eigenvalue weighted by atomic mass is 9.78. The van der Waals surface area contributed by atoms with Crippen molar-refractivity contribution in [1.29, 1.82) is 0 Å². The summed E-state index contributed by atoms with van der Waals surface area (Å²) in [5.41, 5.74) is 3.95. The lowest BCUT2D eigenvalue weighted by Gasteiger charge is -2.43. The minimum Gasteiger partial charge on any atom is -0.369 e. The normalized spacial score (nSPS) is 27.1. The number of aliphatic imine (C=N–C) groups is 1. The average molecular weight is 432 g/mol. The summed E-state index contributed by atoms with van der Waals surface area (Å²) in [6.07, 6.45) is -3.40. The first-order valence-electron chi connectivity index (χ1n) is 9.14. The standard InChI is InChI=1S/C18H23F3N4O3S/c1-17(10-15(26)24(2)16(22)23-17)13-6-4-8-25(11-13)29(27,28)14-7-3-5-12(9-14)18(19,20)21/h3,5,7,9,13H,4,6,8,10-11H2,1-2H3,(H2,22,23)/t13?,17-/m0/s1. The molecule has 2 heterocycles. The van der Waals surface area contributed by atoms with E-state index in [1.54, 1.807) is 6.92 Å². The van der Waals surface area contributed by atoms with Crippen LogP contribution in [-0.2, 0) is 21.0 Å². The maximum Gasteiger partial charge on any atom is 0.416 e. The molecule has 0 aromatic heterocycles. The van der Waals surface area contributed by atoms with E-state index in [9.17, 15) is 26.4 Å². The summed E-state index contributed by atoms with van der Waals surface area (Å²) in [4.78, 5) is 17.5. The Kier molecular flexibility index (Phi) is 5.41. The van der Waals surface area contributed by atoms with Gasteiger partial charge in [0.25, 0.3) is 0 Å². The molecule has 2 atom stereocenters. The fourth-order valence-corrected chi connectivity index (χ4v) is 5.38. The minimum absolute atomic E-state index is 0.0584. The van der Waals surface area contributed by atoms with Crippen molar-refractivity contribution in [2.45, 2.75) is 42.8 Å². The minimum atomic E-state index is -4.63. The van der Waals surface area contributed by atoms with Gasteiger partial charge >= 0.3 is 6.18 Å². The van der Waals surface area contributed by atoms with Gasteiger partial charge in [0, 0.05) is 20.1 Å². The van der Waals surface area contributed by atoms with Crippen LogP contribution in [-0.4, -0.2) is 55.2 Å². The number of nitrogens with two attached hydrogens (primary N) is 1. The van der Waals surface area contributed by atoms with Gasteiger partial charge < -0.3 is 5.73 Å². The third kappa shape index (κ3) is 4.11. The van der Waals surface area contributed by atoms with Gasteiger partial charge in [0.15, 0.2) is 5.96 Å². The highest BCUT2D eigenvalue weighted by molar-refractivity contribution is 7.89. The second kappa shape index (κ2) is 7.28. The van der Waals surface area contributed by atoms with E-state index in [2.05, 4.69) is 4.99 Å². The number of alkyl halides is 3. The summed E-state index contributed by atoms with van der Waals surface area (Å²) >= 11 is 0.